The van der Waals surface area contributed by atoms with Gasteiger partial charge in [-0.1, -0.05) is 6.07 Å². The quantitative estimate of drug-likeness (QED) is 0.872. The lowest BCUT2D eigenvalue weighted by Crippen LogP contribution is -2.45. The van der Waals surface area contributed by atoms with Crippen LogP contribution >= 0.6 is 0 Å². The highest BCUT2D eigenvalue weighted by molar-refractivity contribution is 7.90. The second-order valence-corrected chi connectivity index (χ2v) is 8.59. The summed E-state index contributed by atoms with van der Waals surface area (Å²) in [5.74, 6) is -0.123. The monoisotopic (exact) mass is 344 g/mol. The summed E-state index contributed by atoms with van der Waals surface area (Å²) >= 11 is 0. The van der Waals surface area contributed by atoms with Crippen LogP contribution in [-0.2, 0) is 9.84 Å². The lowest BCUT2D eigenvalue weighted by molar-refractivity contribution is 0.0674. The minimum Gasteiger partial charge on any atom is -0.487 e. The van der Waals surface area contributed by atoms with E-state index in [-0.39, 0.29) is 18.3 Å². The molecule has 0 radical (unpaired) electrons. The van der Waals surface area contributed by atoms with Gasteiger partial charge in [-0.2, -0.15) is 0 Å². The van der Waals surface area contributed by atoms with Crippen LogP contribution in [0.3, 0.4) is 0 Å². The molecule has 23 heavy (non-hydrogen) atoms. The van der Waals surface area contributed by atoms with Gasteiger partial charge in [0.15, 0.2) is 0 Å². The van der Waals surface area contributed by atoms with Gasteiger partial charge in [-0.05, 0) is 19.9 Å². The van der Waals surface area contributed by atoms with Crippen LogP contribution in [0.4, 0.5) is 9.18 Å². The highest BCUT2D eigenvalue weighted by Crippen LogP contribution is 2.39. The van der Waals surface area contributed by atoms with E-state index in [9.17, 15) is 17.6 Å². The maximum absolute atomic E-state index is 13.4. The van der Waals surface area contributed by atoms with Crippen molar-refractivity contribution in [3.8, 4) is 5.75 Å². The fourth-order valence-corrected chi connectivity index (χ4v) is 2.99. The first-order valence-electron chi connectivity index (χ1n) is 7.26. The van der Waals surface area contributed by atoms with Crippen molar-refractivity contribution in [1.29, 1.82) is 0 Å². The molecule has 0 saturated heterocycles. The number of hydrogen-bond acceptors (Lipinski definition) is 4. The number of ether oxygens (including phenoxy) is 1. The SMILES string of the molecule is CC1(C)C[C@H](NC(=O)NCCS(C)(=O)=O)c2ccc(F)cc2O1. The molecule has 1 aromatic carbocycles. The average molecular weight is 344 g/mol. The fraction of sp³-hybridized carbons (Fsp3) is 0.533. The summed E-state index contributed by atoms with van der Waals surface area (Å²) in [6, 6.07) is 3.39. The molecule has 2 N–H and O–H groups in total. The number of hydrogen-bond donors (Lipinski definition) is 2. The van der Waals surface area contributed by atoms with Crippen molar-refractivity contribution in [2.75, 3.05) is 18.6 Å². The van der Waals surface area contributed by atoms with Gasteiger partial charge in [-0.3, -0.25) is 0 Å². The van der Waals surface area contributed by atoms with Gasteiger partial charge in [0.1, 0.15) is 27.0 Å². The number of rotatable bonds is 4. The van der Waals surface area contributed by atoms with Crippen molar-refractivity contribution >= 4 is 15.9 Å². The van der Waals surface area contributed by atoms with Crippen LogP contribution in [-0.4, -0.2) is 38.6 Å². The van der Waals surface area contributed by atoms with Crippen LogP contribution in [0.2, 0.25) is 0 Å². The van der Waals surface area contributed by atoms with Gasteiger partial charge in [-0.25, -0.2) is 17.6 Å². The number of amides is 2. The molecule has 0 saturated carbocycles. The number of urea groups is 1. The van der Waals surface area contributed by atoms with Crippen molar-refractivity contribution in [3.63, 3.8) is 0 Å². The van der Waals surface area contributed by atoms with Gasteiger partial charge >= 0.3 is 6.03 Å². The number of benzene rings is 1. The maximum atomic E-state index is 13.4. The van der Waals surface area contributed by atoms with E-state index in [0.717, 1.165) is 6.26 Å². The van der Waals surface area contributed by atoms with E-state index in [4.69, 9.17) is 4.74 Å². The van der Waals surface area contributed by atoms with Crippen LogP contribution in [0, 0.1) is 5.82 Å². The van der Waals surface area contributed by atoms with Gasteiger partial charge < -0.3 is 15.4 Å². The summed E-state index contributed by atoms with van der Waals surface area (Å²) in [5, 5.41) is 5.30. The summed E-state index contributed by atoms with van der Waals surface area (Å²) in [6.07, 6.45) is 1.63. The van der Waals surface area contributed by atoms with Gasteiger partial charge in [-0.15, -0.1) is 0 Å². The number of carbonyl (C=O) groups is 1. The molecule has 128 valence electrons. The van der Waals surface area contributed by atoms with Crippen molar-refractivity contribution in [2.24, 2.45) is 0 Å². The van der Waals surface area contributed by atoms with Crippen LogP contribution in [0.5, 0.6) is 5.75 Å². The first-order valence-corrected chi connectivity index (χ1v) is 9.32. The van der Waals surface area contributed by atoms with Gasteiger partial charge in [0.2, 0.25) is 0 Å². The Morgan fingerprint density at radius 3 is 2.78 bits per heavy atom. The van der Waals surface area contributed by atoms with Crippen molar-refractivity contribution < 1.29 is 22.3 Å². The molecule has 2 amide bonds. The Hall–Kier alpha value is -1.83. The molecule has 1 aromatic rings. The Kier molecular flexibility index (Phi) is 4.84. The third-order valence-corrected chi connectivity index (χ3v) is 4.44. The topological polar surface area (TPSA) is 84.5 Å². The molecule has 1 atom stereocenters. The molecule has 1 aliphatic rings. The van der Waals surface area contributed by atoms with Crippen molar-refractivity contribution in [3.05, 3.63) is 29.6 Å². The second-order valence-electron chi connectivity index (χ2n) is 6.33. The number of nitrogens with one attached hydrogen (secondary N) is 2. The Labute approximate surface area is 135 Å². The number of fused-ring (bicyclic) bond motifs is 1. The Bertz CT molecular complexity index is 703. The van der Waals surface area contributed by atoms with Crippen molar-refractivity contribution in [2.45, 2.75) is 31.9 Å². The average Bonchev–Trinajstić information content (AvgIpc) is 2.34. The molecule has 0 spiro atoms. The van der Waals surface area contributed by atoms with Gasteiger partial charge in [0.05, 0.1) is 11.8 Å². The van der Waals surface area contributed by atoms with E-state index in [2.05, 4.69) is 10.6 Å². The largest absolute Gasteiger partial charge is 0.487 e. The molecule has 0 aromatic heterocycles. The number of carbonyl (C=O) groups excluding carboxylic acids is 1. The minimum absolute atomic E-state index is 0.0353. The first-order chi connectivity index (χ1) is 10.6. The molecule has 6 nitrogen and oxygen atoms in total. The molecule has 0 unspecified atom stereocenters. The van der Waals surface area contributed by atoms with Crippen LogP contribution in [0.25, 0.3) is 0 Å². The predicted molar refractivity (Wildman–Crippen MR) is 84.7 cm³/mol. The molecule has 8 heteroatoms. The summed E-state index contributed by atoms with van der Waals surface area (Å²) in [5.41, 5.74) is 0.148. The lowest BCUT2D eigenvalue weighted by atomic mass is 9.90. The van der Waals surface area contributed by atoms with E-state index in [1.807, 2.05) is 13.8 Å². The highest BCUT2D eigenvalue weighted by atomic mass is 32.2. The van der Waals surface area contributed by atoms with Gasteiger partial charge in [0.25, 0.3) is 0 Å². The summed E-state index contributed by atoms with van der Waals surface area (Å²) in [7, 11) is -3.13. The Morgan fingerprint density at radius 1 is 1.43 bits per heavy atom. The first kappa shape index (κ1) is 17.5. The lowest BCUT2D eigenvalue weighted by Gasteiger charge is -2.37. The zero-order valence-corrected chi connectivity index (χ0v) is 14.2. The third kappa shape index (κ3) is 5.09. The molecule has 0 bridgehead atoms. The minimum atomic E-state index is -3.13. The van der Waals surface area contributed by atoms with Crippen LogP contribution in [0.1, 0.15) is 31.9 Å². The third-order valence-electron chi connectivity index (χ3n) is 3.50. The van der Waals surface area contributed by atoms with Crippen molar-refractivity contribution in [1.82, 2.24) is 10.6 Å². The Balaban J connectivity index is 2.06. The predicted octanol–water partition coefficient (Wildman–Crippen LogP) is 1.77. The van der Waals surface area contributed by atoms with Gasteiger partial charge in [0, 0.05) is 30.9 Å². The van der Waals surface area contributed by atoms with Crippen LogP contribution in [0.15, 0.2) is 18.2 Å². The standard InChI is InChI=1S/C15H21FN2O4S/c1-15(2)9-12(11-5-4-10(16)8-13(11)22-15)18-14(19)17-6-7-23(3,20)21/h4-5,8,12H,6-7,9H2,1-3H3,(H2,17,18,19)/t12-/m0/s1. The van der Waals surface area contributed by atoms with Crippen LogP contribution < -0.4 is 15.4 Å². The van der Waals surface area contributed by atoms with E-state index in [1.165, 1.54) is 12.1 Å². The number of sulfone groups is 1. The second kappa shape index (κ2) is 6.35. The normalized spacial score (nSPS) is 19.4. The smallest absolute Gasteiger partial charge is 0.315 e. The van der Waals surface area contributed by atoms with E-state index in [0.29, 0.717) is 17.7 Å². The molecule has 1 aliphatic heterocycles. The summed E-state index contributed by atoms with van der Waals surface area (Å²) < 4.78 is 41.2. The molecule has 0 aliphatic carbocycles. The zero-order chi connectivity index (χ0) is 17.3. The zero-order valence-electron chi connectivity index (χ0n) is 13.3. The number of halogens is 1. The maximum Gasteiger partial charge on any atom is 0.315 e. The summed E-state index contributed by atoms with van der Waals surface area (Å²) in [4.78, 5) is 12.0. The molecule has 1 heterocycles. The molecule has 0 fully saturated rings. The highest BCUT2D eigenvalue weighted by Gasteiger charge is 2.34. The molecular weight excluding hydrogens is 323 g/mol. The van der Waals surface area contributed by atoms with E-state index in [1.54, 1.807) is 6.07 Å². The molecular formula is C15H21FN2O4S. The van der Waals surface area contributed by atoms with E-state index < -0.39 is 27.3 Å². The fourth-order valence-electron chi connectivity index (χ4n) is 2.51. The Morgan fingerprint density at radius 2 is 2.13 bits per heavy atom. The molecule has 2 rings (SSSR count). The van der Waals surface area contributed by atoms with E-state index >= 15 is 0 Å². The summed E-state index contributed by atoms with van der Waals surface area (Å²) in [6.45, 7) is 3.75.